The zero-order chi connectivity index (χ0) is 14.3. The number of hydrogen-bond acceptors (Lipinski definition) is 1. The topological polar surface area (TPSA) is 17.1 Å². The molecule has 0 heterocycles. The summed E-state index contributed by atoms with van der Waals surface area (Å²) in [5, 5.41) is 0. The molecule has 0 spiro atoms. The van der Waals surface area contributed by atoms with E-state index in [0.717, 1.165) is 24.8 Å². The molecule has 0 bridgehead atoms. The Labute approximate surface area is 118 Å². The summed E-state index contributed by atoms with van der Waals surface area (Å²) < 4.78 is 0. The van der Waals surface area contributed by atoms with Crippen molar-refractivity contribution in [2.75, 3.05) is 0 Å². The average molecular weight is 274 g/mol. The van der Waals surface area contributed by atoms with Gasteiger partial charge in [-0.3, -0.25) is 4.79 Å². The van der Waals surface area contributed by atoms with Gasteiger partial charge in [-0.15, -0.1) is 0 Å². The fraction of sp³-hybridized carbons (Fsp3) is 0.588. The van der Waals surface area contributed by atoms with Crippen LogP contribution in [0, 0.1) is 5.41 Å². The summed E-state index contributed by atoms with van der Waals surface area (Å²) in [5.74, 6) is 0.361. The first-order valence-corrected chi connectivity index (χ1v) is 11.1. The smallest absolute Gasteiger partial charge is 0.169 e. The molecule has 0 aliphatic heterocycles. The number of rotatable bonds is 3. The first-order valence-electron chi connectivity index (χ1n) is 7.36. The quantitative estimate of drug-likeness (QED) is 0.729. The number of benzene rings is 1. The highest BCUT2D eigenvalue weighted by Gasteiger charge is 2.35. The molecule has 0 saturated heterocycles. The molecule has 0 amide bonds. The molecule has 1 aromatic carbocycles. The molecule has 0 radical (unpaired) electrons. The summed E-state index contributed by atoms with van der Waals surface area (Å²) in [6, 6.07) is 7.69. The van der Waals surface area contributed by atoms with E-state index >= 15 is 0 Å². The van der Waals surface area contributed by atoms with Crippen LogP contribution in [0.15, 0.2) is 18.2 Å². The summed E-state index contributed by atoms with van der Waals surface area (Å²) >= 11 is 0. The van der Waals surface area contributed by atoms with Gasteiger partial charge in [-0.2, -0.15) is 0 Å². The van der Waals surface area contributed by atoms with Crippen LogP contribution >= 0.6 is 0 Å². The van der Waals surface area contributed by atoms with Crippen LogP contribution < -0.4 is 0 Å². The molecule has 0 aromatic heterocycles. The summed E-state index contributed by atoms with van der Waals surface area (Å²) in [7, 11) is -1.05. The highest BCUT2D eigenvalue weighted by molar-refractivity contribution is 6.76. The molecule has 0 fully saturated rings. The molecule has 19 heavy (non-hydrogen) atoms. The minimum Gasteiger partial charge on any atom is -0.294 e. The Morgan fingerprint density at radius 1 is 1.21 bits per heavy atom. The third kappa shape index (κ3) is 3.17. The zero-order valence-electron chi connectivity index (χ0n) is 13.0. The predicted octanol–water partition coefficient (Wildman–Crippen LogP) is 4.72. The van der Waals surface area contributed by atoms with Gasteiger partial charge in [0.2, 0.25) is 0 Å². The van der Waals surface area contributed by atoms with E-state index in [0.29, 0.717) is 5.78 Å². The normalized spacial score (nSPS) is 18.3. The molecule has 1 aliphatic rings. The summed E-state index contributed by atoms with van der Waals surface area (Å²) in [6.07, 6.45) is 3.10. The maximum absolute atomic E-state index is 12.7. The van der Waals surface area contributed by atoms with Crippen LogP contribution in [0.25, 0.3) is 0 Å². The van der Waals surface area contributed by atoms with E-state index in [-0.39, 0.29) is 5.41 Å². The number of ketones is 1. The second kappa shape index (κ2) is 4.90. The Bertz CT molecular complexity index is 494. The van der Waals surface area contributed by atoms with Crippen molar-refractivity contribution in [3.63, 3.8) is 0 Å². The lowest BCUT2D eigenvalue weighted by molar-refractivity contribution is 0.0810. The summed E-state index contributed by atoms with van der Waals surface area (Å²) in [5.41, 5.74) is 3.44. The van der Waals surface area contributed by atoms with Gasteiger partial charge in [-0.25, -0.2) is 0 Å². The fourth-order valence-electron chi connectivity index (χ4n) is 2.77. The Morgan fingerprint density at radius 2 is 1.89 bits per heavy atom. The van der Waals surface area contributed by atoms with Gasteiger partial charge in [0, 0.05) is 19.1 Å². The second-order valence-electron chi connectivity index (χ2n) is 7.72. The zero-order valence-corrected chi connectivity index (χ0v) is 14.0. The minimum atomic E-state index is -1.05. The molecule has 0 atom stereocenters. The summed E-state index contributed by atoms with van der Waals surface area (Å²) in [4.78, 5) is 12.7. The van der Waals surface area contributed by atoms with Crippen LogP contribution in [0.2, 0.25) is 25.7 Å². The number of hydrogen-bond donors (Lipinski definition) is 0. The standard InChI is InChI=1S/C17H26OSi/c1-17(2)11-9-13-7-6-8-14(15(13)16(17)18)10-12-19(3,4)5/h6-8H,9-12H2,1-5H3. The van der Waals surface area contributed by atoms with E-state index in [9.17, 15) is 4.79 Å². The van der Waals surface area contributed by atoms with Gasteiger partial charge in [-0.1, -0.05) is 57.7 Å². The molecule has 0 unspecified atom stereocenters. The molecule has 104 valence electrons. The lowest BCUT2D eigenvalue weighted by Gasteiger charge is -2.31. The third-order valence-corrected chi connectivity index (χ3v) is 5.99. The number of carbonyl (C=O) groups excluding carboxylic acids is 1. The van der Waals surface area contributed by atoms with Gasteiger partial charge in [0.25, 0.3) is 0 Å². The Morgan fingerprint density at radius 3 is 2.53 bits per heavy atom. The molecule has 0 N–H and O–H groups in total. The molecule has 2 rings (SSSR count). The van der Waals surface area contributed by atoms with Crippen molar-refractivity contribution >= 4 is 13.9 Å². The van der Waals surface area contributed by atoms with Gasteiger partial charge in [0.15, 0.2) is 5.78 Å². The third-order valence-electron chi connectivity index (χ3n) is 4.24. The van der Waals surface area contributed by atoms with Crippen molar-refractivity contribution in [3.05, 3.63) is 34.9 Å². The van der Waals surface area contributed by atoms with Crippen LogP contribution in [0.4, 0.5) is 0 Å². The minimum absolute atomic E-state index is 0.178. The first-order chi connectivity index (χ1) is 8.71. The average Bonchev–Trinajstić information content (AvgIpc) is 2.30. The van der Waals surface area contributed by atoms with E-state index < -0.39 is 8.07 Å². The predicted molar refractivity (Wildman–Crippen MR) is 84.7 cm³/mol. The van der Waals surface area contributed by atoms with Crippen LogP contribution in [-0.4, -0.2) is 13.9 Å². The van der Waals surface area contributed by atoms with Crippen molar-refractivity contribution in [2.45, 2.75) is 58.8 Å². The van der Waals surface area contributed by atoms with Gasteiger partial charge < -0.3 is 0 Å². The van der Waals surface area contributed by atoms with Crippen LogP contribution in [0.5, 0.6) is 0 Å². The van der Waals surface area contributed by atoms with Gasteiger partial charge in [0.05, 0.1) is 0 Å². The van der Waals surface area contributed by atoms with Crippen LogP contribution in [0.3, 0.4) is 0 Å². The molecule has 1 aromatic rings. The fourth-order valence-corrected chi connectivity index (χ4v) is 3.79. The molecule has 0 saturated carbocycles. The number of carbonyl (C=O) groups is 1. The van der Waals surface area contributed by atoms with E-state index in [2.05, 4.69) is 51.7 Å². The molecule has 2 heteroatoms. The first kappa shape index (κ1) is 14.5. The van der Waals surface area contributed by atoms with Gasteiger partial charge in [-0.05, 0) is 30.4 Å². The highest BCUT2D eigenvalue weighted by atomic mass is 28.3. The maximum atomic E-state index is 12.7. The molecular weight excluding hydrogens is 248 g/mol. The van der Waals surface area contributed by atoms with E-state index in [1.807, 2.05) is 0 Å². The largest absolute Gasteiger partial charge is 0.294 e. The summed E-state index contributed by atoms with van der Waals surface area (Å²) in [6.45, 7) is 11.4. The van der Waals surface area contributed by atoms with Crippen LogP contribution in [-0.2, 0) is 12.8 Å². The Balaban J connectivity index is 2.35. The lowest BCUT2D eigenvalue weighted by Crippen LogP contribution is -2.31. The number of fused-ring (bicyclic) bond motifs is 1. The Hall–Kier alpha value is -0.893. The number of aryl methyl sites for hydroxylation is 2. The van der Waals surface area contributed by atoms with Crippen molar-refractivity contribution in [1.82, 2.24) is 0 Å². The van der Waals surface area contributed by atoms with E-state index in [1.165, 1.54) is 17.2 Å². The van der Waals surface area contributed by atoms with Gasteiger partial charge >= 0.3 is 0 Å². The monoisotopic (exact) mass is 274 g/mol. The van der Waals surface area contributed by atoms with Crippen molar-refractivity contribution in [3.8, 4) is 0 Å². The van der Waals surface area contributed by atoms with E-state index in [4.69, 9.17) is 0 Å². The van der Waals surface area contributed by atoms with E-state index in [1.54, 1.807) is 0 Å². The number of Topliss-reactive ketones (excluding diaryl/α,β-unsaturated/α-hetero) is 1. The van der Waals surface area contributed by atoms with Gasteiger partial charge in [0.1, 0.15) is 0 Å². The van der Waals surface area contributed by atoms with Crippen molar-refractivity contribution < 1.29 is 4.79 Å². The maximum Gasteiger partial charge on any atom is 0.169 e. The molecular formula is C17H26OSi. The lowest BCUT2D eigenvalue weighted by atomic mass is 9.72. The van der Waals surface area contributed by atoms with Crippen LogP contribution in [0.1, 0.15) is 41.8 Å². The highest BCUT2D eigenvalue weighted by Crippen LogP contribution is 2.36. The molecule has 1 aliphatic carbocycles. The van der Waals surface area contributed by atoms with Crippen molar-refractivity contribution in [1.29, 1.82) is 0 Å². The molecule has 1 nitrogen and oxygen atoms in total. The Kier molecular flexibility index (Phi) is 3.74. The van der Waals surface area contributed by atoms with Crippen molar-refractivity contribution in [2.24, 2.45) is 5.41 Å². The SMILES string of the molecule is CC1(C)CCc2cccc(CC[Si](C)(C)C)c2C1=O. The second-order valence-corrected chi connectivity index (χ2v) is 13.3.